The minimum Gasteiger partial charge on any atom is -0.330 e. The van der Waals surface area contributed by atoms with Crippen LogP contribution in [-0.2, 0) is 4.79 Å². The molecule has 0 atom stereocenters. The van der Waals surface area contributed by atoms with Crippen molar-refractivity contribution in [3.63, 3.8) is 0 Å². The summed E-state index contributed by atoms with van der Waals surface area (Å²) < 4.78 is 26.5. The van der Waals surface area contributed by atoms with Crippen molar-refractivity contribution in [1.29, 1.82) is 0 Å². The van der Waals surface area contributed by atoms with Crippen LogP contribution >= 0.6 is 0 Å². The molecule has 0 aromatic heterocycles. The molecular formula is C13H18F2N2O. The van der Waals surface area contributed by atoms with Gasteiger partial charge in [-0.3, -0.25) is 4.79 Å². The average molecular weight is 256 g/mol. The van der Waals surface area contributed by atoms with Crippen molar-refractivity contribution in [2.45, 2.75) is 20.3 Å². The Morgan fingerprint density at radius 3 is 2.56 bits per heavy atom. The number of carbonyl (C=O) groups is 1. The first-order chi connectivity index (χ1) is 8.47. The van der Waals surface area contributed by atoms with E-state index in [4.69, 9.17) is 5.73 Å². The van der Waals surface area contributed by atoms with Crippen LogP contribution in [-0.4, -0.2) is 19.0 Å². The number of amides is 1. The molecule has 0 saturated carbocycles. The maximum absolute atomic E-state index is 13.7. The minimum atomic E-state index is -0.735. The summed E-state index contributed by atoms with van der Waals surface area (Å²) in [6.45, 7) is 4.21. The van der Waals surface area contributed by atoms with E-state index < -0.39 is 11.6 Å². The molecule has 1 rings (SSSR count). The van der Waals surface area contributed by atoms with E-state index in [1.165, 1.54) is 11.0 Å². The zero-order chi connectivity index (χ0) is 13.7. The molecule has 18 heavy (non-hydrogen) atoms. The van der Waals surface area contributed by atoms with Gasteiger partial charge in [-0.25, -0.2) is 8.78 Å². The summed E-state index contributed by atoms with van der Waals surface area (Å²) in [6.07, 6.45) is 0.565. The minimum absolute atomic E-state index is 0.101. The van der Waals surface area contributed by atoms with Gasteiger partial charge in [0, 0.05) is 18.5 Å². The van der Waals surface area contributed by atoms with Crippen LogP contribution in [0, 0.1) is 17.6 Å². The highest BCUT2D eigenvalue weighted by atomic mass is 19.1. The van der Waals surface area contributed by atoms with E-state index in [0.717, 1.165) is 12.1 Å². The number of halogens is 2. The number of nitrogens with two attached hydrogens (primary N) is 1. The predicted molar refractivity (Wildman–Crippen MR) is 67.2 cm³/mol. The molecule has 0 unspecified atom stereocenters. The Labute approximate surface area is 106 Å². The molecule has 0 aliphatic carbocycles. The molecule has 3 nitrogen and oxygen atoms in total. The fourth-order valence-electron chi connectivity index (χ4n) is 1.61. The molecule has 0 spiro atoms. The Hall–Kier alpha value is -1.49. The Kier molecular flexibility index (Phi) is 5.22. The zero-order valence-electron chi connectivity index (χ0n) is 10.6. The number of anilines is 1. The van der Waals surface area contributed by atoms with Crippen LogP contribution < -0.4 is 10.6 Å². The third-order valence-electron chi connectivity index (χ3n) is 2.55. The SMILES string of the molecule is CC(C)C(=O)N(CCCN)c1ccc(F)cc1F. The maximum atomic E-state index is 13.7. The Bertz CT molecular complexity index is 421. The molecule has 1 aromatic rings. The molecule has 0 aliphatic heterocycles. The van der Waals surface area contributed by atoms with Gasteiger partial charge >= 0.3 is 0 Å². The summed E-state index contributed by atoms with van der Waals surface area (Å²) in [5, 5.41) is 0. The molecule has 0 saturated heterocycles. The van der Waals surface area contributed by atoms with Crippen LogP contribution in [0.1, 0.15) is 20.3 Å². The lowest BCUT2D eigenvalue weighted by atomic mass is 10.1. The van der Waals surface area contributed by atoms with E-state index in [9.17, 15) is 13.6 Å². The molecule has 5 heteroatoms. The average Bonchev–Trinajstić information content (AvgIpc) is 2.31. The van der Waals surface area contributed by atoms with E-state index in [0.29, 0.717) is 19.5 Å². The smallest absolute Gasteiger partial charge is 0.229 e. The molecule has 1 aromatic carbocycles. The van der Waals surface area contributed by atoms with Gasteiger partial charge in [-0.1, -0.05) is 13.8 Å². The molecule has 100 valence electrons. The first-order valence-electron chi connectivity index (χ1n) is 5.94. The van der Waals surface area contributed by atoms with Crippen molar-refractivity contribution in [3.8, 4) is 0 Å². The Morgan fingerprint density at radius 2 is 2.06 bits per heavy atom. The van der Waals surface area contributed by atoms with Gasteiger partial charge in [-0.2, -0.15) is 0 Å². The van der Waals surface area contributed by atoms with Crippen LogP contribution in [0.15, 0.2) is 18.2 Å². The second-order valence-corrected chi connectivity index (χ2v) is 4.38. The molecule has 0 fully saturated rings. The van der Waals surface area contributed by atoms with E-state index in [2.05, 4.69) is 0 Å². The Morgan fingerprint density at radius 1 is 1.39 bits per heavy atom. The van der Waals surface area contributed by atoms with Crippen molar-refractivity contribution in [1.82, 2.24) is 0 Å². The van der Waals surface area contributed by atoms with Gasteiger partial charge in [-0.15, -0.1) is 0 Å². The van der Waals surface area contributed by atoms with E-state index in [1.807, 2.05) is 0 Å². The lowest BCUT2D eigenvalue weighted by molar-refractivity contribution is -0.121. The molecule has 0 radical (unpaired) electrons. The van der Waals surface area contributed by atoms with E-state index in [-0.39, 0.29) is 17.5 Å². The van der Waals surface area contributed by atoms with Crippen molar-refractivity contribution in [3.05, 3.63) is 29.8 Å². The van der Waals surface area contributed by atoms with Gasteiger partial charge in [0.25, 0.3) is 0 Å². The fraction of sp³-hybridized carbons (Fsp3) is 0.462. The van der Waals surface area contributed by atoms with Gasteiger partial charge in [0.15, 0.2) is 0 Å². The molecule has 1 amide bonds. The van der Waals surface area contributed by atoms with Gasteiger partial charge in [0.05, 0.1) is 5.69 Å². The number of rotatable bonds is 5. The van der Waals surface area contributed by atoms with Crippen molar-refractivity contribution >= 4 is 11.6 Å². The Balaban J connectivity index is 3.04. The first-order valence-corrected chi connectivity index (χ1v) is 5.94. The maximum Gasteiger partial charge on any atom is 0.229 e. The molecule has 0 bridgehead atoms. The second-order valence-electron chi connectivity index (χ2n) is 4.38. The van der Waals surface area contributed by atoms with Crippen LogP contribution in [0.4, 0.5) is 14.5 Å². The molecule has 2 N–H and O–H groups in total. The molecule has 0 heterocycles. The molecule has 0 aliphatic rings. The highest BCUT2D eigenvalue weighted by Gasteiger charge is 2.21. The highest BCUT2D eigenvalue weighted by molar-refractivity contribution is 5.94. The van der Waals surface area contributed by atoms with Crippen LogP contribution in [0.3, 0.4) is 0 Å². The van der Waals surface area contributed by atoms with Gasteiger partial charge in [0.2, 0.25) is 5.91 Å². The van der Waals surface area contributed by atoms with Crippen LogP contribution in [0.25, 0.3) is 0 Å². The molecular weight excluding hydrogens is 238 g/mol. The quantitative estimate of drug-likeness (QED) is 0.878. The highest BCUT2D eigenvalue weighted by Crippen LogP contribution is 2.22. The standard InChI is InChI=1S/C13H18F2N2O/c1-9(2)13(18)17(7-3-6-16)12-5-4-10(14)8-11(12)15/h4-5,8-9H,3,6-7,16H2,1-2H3. The van der Waals surface area contributed by atoms with E-state index in [1.54, 1.807) is 13.8 Å². The third-order valence-corrected chi connectivity index (χ3v) is 2.55. The number of hydrogen-bond acceptors (Lipinski definition) is 2. The number of benzene rings is 1. The van der Waals surface area contributed by atoms with Crippen molar-refractivity contribution in [2.75, 3.05) is 18.0 Å². The summed E-state index contributed by atoms with van der Waals surface area (Å²) in [7, 11) is 0. The summed E-state index contributed by atoms with van der Waals surface area (Å²) in [6, 6.07) is 3.20. The summed E-state index contributed by atoms with van der Waals surface area (Å²) in [4.78, 5) is 13.3. The van der Waals surface area contributed by atoms with Crippen LogP contribution in [0.2, 0.25) is 0 Å². The van der Waals surface area contributed by atoms with Crippen molar-refractivity contribution in [2.24, 2.45) is 11.7 Å². The third kappa shape index (κ3) is 3.50. The lowest BCUT2D eigenvalue weighted by Crippen LogP contribution is -2.36. The monoisotopic (exact) mass is 256 g/mol. The summed E-state index contributed by atoms with van der Waals surface area (Å²) in [5.74, 6) is -1.85. The van der Waals surface area contributed by atoms with Gasteiger partial charge < -0.3 is 10.6 Å². The predicted octanol–water partition coefficient (Wildman–Crippen LogP) is 2.30. The number of hydrogen-bond donors (Lipinski definition) is 1. The summed E-state index contributed by atoms with van der Waals surface area (Å²) in [5.41, 5.74) is 5.50. The second kappa shape index (κ2) is 6.44. The van der Waals surface area contributed by atoms with E-state index >= 15 is 0 Å². The normalized spacial score (nSPS) is 10.8. The zero-order valence-corrected chi connectivity index (χ0v) is 10.6. The largest absolute Gasteiger partial charge is 0.330 e. The first kappa shape index (κ1) is 14.6. The lowest BCUT2D eigenvalue weighted by Gasteiger charge is -2.25. The van der Waals surface area contributed by atoms with Gasteiger partial charge in [-0.05, 0) is 25.1 Å². The van der Waals surface area contributed by atoms with Gasteiger partial charge in [0.1, 0.15) is 11.6 Å². The number of nitrogens with zero attached hydrogens (tertiary/aromatic N) is 1. The number of carbonyl (C=O) groups excluding carboxylic acids is 1. The fourth-order valence-corrected chi connectivity index (χ4v) is 1.61. The van der Waals surface area contributed by atoms with Crippen molar-refractivity contribution < 1.29 is 13.6 Å². The summed E-state index contributed by atoms with van der Waals surface area (Å²) >= 11 is 0. The van der Waals surface area contributed by atoms with Crippen LogP contribution in [0.5, 0.6) is 0 Å². The topological polar surface area (TPSA) is 46.3 Å².